The van der Waals surface area contributed by atoms with Gasteiger partial charge in [-0.05, 0) is 36.6 Å². The minimum atomic E-state index is 0.186. The monoisotopic (exact) mass is 209 g/mol. The molecule has 84 valence electrons. The lowest BCUT2D eigenvalue weighted by atomic mass is 9.99. The second kappa shape index (κ2) is 5.73. The molecule has 1 aromatic carbocycles. The Morgan fingerprint density at radius 1 is 1.47 bits per heavy atom. The molecule has 0 bridgehead atoms. The van der Waals surface area contributed by atoms with Crippen molar-refractivity contribution in [3.8, 4) is 5.75 Å². The van der Waals surface area contributed by atoms with E-state index in [1.54, 1.807) is 6.07 Å². The second-order valence-corrected chi connectivity index (χ2v) is 3.67. The average molecular weight is 209 g/mol. The molecule has 3 N–H and O–H groups in total. The molecule has 0 heterocycles. The van der Waals surface area contributed by atoms with E-state index in [2.05, 4.69) is 0 Å². The number of aromatic hydroxyl groups is 1. The molecule has 1 unspecified atom stereocenters. The van der Waals surface area contributed by atoms with E-state index in [9.17, 15) is 5.11 Å². The van der Waals surface area contributed by atoms with Crippen molar-refractivity contribution in [1.82, 2.24) is 0 Å². The Hall–Kier alpha value is -1.06. The molecule has 3 heteroatoms. The van der Waals surface area contributed by atoms with E-state index in [4.69, 9.17) is 10.5 Å². The fourth-order valence-electron chi connectivity index (χ4n) is 1.44. The Morgan fingerprint density at radius 3 is 2.73 bits per heavy atom. The van der Waals surface area contributed by atoms with Gasteiger partial charge in [0.25, 0.3) is 0 Å². The third kappa shape index (κ3) is 3.22. The van der Waals surface area contributed by atoms with Gasteiger partial charge in [0.2, 0.25) is 0 Å². The molecule has 0 amide bonds. The van der Waals surface area contributed by atoms with Gasteiger partial charge < -0.3 is 15.6 Å². The first kappa shape index (κ1) is 12.0. The molecule has 1 aromatic rings. The maximum atomic E-state index is 9.78. The summed E-state index contributed by atoms with van der Waals surface area (Å²) < 4.78 is 5.27. The molecule has 0 aliphatic rings. The van der Waals surface area contributed by atoms with Crippen LogP contribution in [0.2, 0.25) is 0 Å². The zero-order valence-electron chi connectivity index (χ0n) is 9.36. The van der Waals surface area contributed by atoms with Crippen LogP contribution in [0, 0.1) is 0 Å². The molecule has 3 nitrogen and oxygen atoms in total. The van der Waals surface area contributed by atoms with Crippen LogP contribution >= 0.6 is 0 Å². The number of ether oxygens (including phenoxy) is 1. The maximum absolute atomic E-state index is 9.78. The van der Waals surface area contributed by atoms with Crippen LogP contribution in [0.1, 0.15) is 30.9 Å². The molecule has 0 aromatic heterocycles. The standard InChI is InChI=1S/C12H19NO2/c1-3-15-8-10-4-5-11(9(2)7-13)12(14)6-10/h4-6,9,14H,3,7-8,13H2,1-2H3. The fraction of sp³-hybridized carbons (Fsp3) is 0.500. The van der Waals surface area contributed by atoms with Crippen molar-refractivity contribution in [2.24, 2.45) is 5.73 Å². The first-order valence-electron chi connectivity index (χ1n) is 5.28. The summed E-state index contributed by atoms with van der Waals surface area (Å²) in [4.78, 5) is 0. The first-order chi connectivity index (χ1) is 7.19. The molecule has 0 saturated heterocycles. The van der Waals surface area contributed by atoms with Crippen LogP contribution in [-0.2, 0) is 11.3 Å². The number of hydrogen-bond acceptors (Lipinski definition) is 3. The number of hydrogen-bond donors (Lipinski definition) is 2. The minimum absolute atomic E-state index is 0.186. The molecule has 0 saturated carbocycles. The van der Waals surface area contributed by atoms with E-state index in [-0.39, 0.29) is 5.92 Å². The van der Waals surface area contributed by atoms with Gasteiger partial charge in [0, 0.05) is 6.61 Å². The Labute approximate surface area is 90.9 Å². The normalized spacial score (nSPS) is 12.7. The summed E-state index contributed by atoms with van der Waals surface area (Å²) in [6.45, 7) is 5.71. The Morgan fingerprint density at radius 2 is 2.20 bits per heavy atom. The van der Waals surface area contributed by atoms with Crippen LogP contribution < -0.4 is 5.73 Å². The molecule has 0 radical (unpaired) electrons. The third-order valence-electron chi connectivity index (χ3n) is 2.45. The zero-order chi connectivity index (χ0) is 11.3. The summed E-state index contributed by atoms with van der Waals surface area (Å²) in [5.41, 5.74) is 7.44. The number of nitrogens with two attached hydrogens (primary N) is 1. The number of rotatable bonds is 5. The topological polar surface area (TPSA) is 55.5 Å². The highest BCUT2D eigenvalue weighted by Gasteiger charge is 2.08. The molecule has 0 aliphatic heterocycles. The number of phenols is 1. The highest BCUT2D eigenvalue weighted by atomic mass is 16.5. The molecule has 0 spiro atoms. The summed E-state index contributed by atoms with van der Waals surface area (Å²) in [6, 6.07) is 5.63. The van der Waals surface area contributed by atoms with E-state index in [1.165, 1.54) is 0 Å². The van der Waals surface area contributed by atoms with E-state index < -0.39 is 0 Å². The van der Waals surface area contributed by atoms with Gasteiger partial charge in [-0.25, -0.2) is 0 Å². The van der Waals surface area contributed by atoms with Crippen LogP contribution in [0.15, 0.2) is 18.2 Å². The highest BCUT2D eigenvalue weighted by molar-refractivity contribution is 5.38. The van der Waals surface area contributed by atoms with Crippen LogP contribution in [0.4, 0.5) is 0 Å². The molecule has 15 heavy (non-hydrogen) atoms. The van der Waals surface area contributed by atoms with Crippen molar-refractivity contribution >= 4 is 0 Å². The lowest BCUT2D eigenvalue weighted by Crippen LogP contribution is -2.09. The second-order valence-electron chi connectivity index (χ2n) is 3.67. The summed E-state index contributed by atoms with van der Waals surface area (Å²) >= 11 is 0. The van der Waals surface area contributed by atoms with E-state index >= 15 is 0 Å². The highest BCUT2D eigenvalue weighted by Crippen LogP contribution is 2.26. The molecule has 0 fully saturated rings. The van der Waals surface area contributed by atoms with Crippen molar-refractivity contribution in [3.63, 3.8) is 0 Å². The molecule has 1 rings (SSSR count). The van der Waals surface area contributed by atoms with Crippen molar-refractivity contribution in [1.29, 1.82) is 0 Å². The minimum Gasteiger partial charge on any atom is -0.508 e. The molecule has 1 atom stereocenters. The van der Waals surface area contributed by atoms with Gasteiger partial charge in [-0.3, -0.25) is 0 Å². The third-order valence-corrected chi connectivity index (χ3v) is 2.45. The smallest absolute Gasteiger partial charge is 0.119 e. The van der Waals surface area contributed by atoms with Gasteiger partial charge in [0.15, 0.2) is 0 Å². The largest absolute Gasteiger partial charge is 0.508 e. The zero-order valence-corrected chi connectivity index (χ0v) is 9.36. The number of phenolic OH excluding ortho intramolecular Hbond substituents is 1. The van der Waals surface area contributed by atoms with Crippen LogP contribution in [0.5, 0.6) is 5.75 Å². The van der Waals surface area contributed by atoms with Crippen LogP contribution in [0.3, 0.4) is 0 Å². The molecular weight excluding hydrogens is 190 g/mol. The van der Waals surface area contributed by atoms with Gasteiger partial charge >= 0.3 is 0 Å². The average Bonchev–Trinajstić information content (AvgIpc) is 2.25. The van der Waals surface area contributed by atoms with E-state index in [0.717, 1.165) is 11.1 Å². The van der Waals surface area contributed by atoms with Gasteiger partial charge in [0.1, 0.15) is 5.75 Å². The number of benzene rings is 1. The maximum Gasteiger partial charge on any atom is 0.119 e. The van der Waals surface area contributed by atoms with Gasteiger partial charge in [-0.1, -0.05) is 19.1 Å². The quantitative estimate of drug-likeness (QED) is 0.779. The Balaban J connectivity index is 2.78. The van der Waals surface area contributed by atoms with Crippen molar-refractivity contribution in [2.75, 3.05) is 13.2 Å². The van der Waals surface area contributed by atoms with Crippen molar-refractivity contribution in [2.45, 2.75) is 26.4 Å². The lowest BCUT2D eigenvalue weighted by Gasteiger charge is -2.12. The SMILES string of the molecule is CCOCc1ccc(C(C)CN)c(O)c1. The van der Waals surface area contributed by atoms with Crippen molar-refractivity contribution in [3.05, 3.63) is 29.3 Å². The molecule has 0 aliphatic carbocycles. The van der Waals surface area contributed by atoms with Gasteiger partial charge in [-0.2, -0.15) is 0 Å². The predicted molar refractivity (Wildman–Crippen MR) is 60.9 cm³/mol. The molecular formula is C12H19NO2. The van der Waals surface area contributed by atoms with Crippen molar-refractivity contribution < 1.29 is 9.84 Å². The summed E-state index contributed by atoms with van der Waals surface area (Å²) in [7, 11) is 0. The summed E-state index contributed by atoms with van der Waals surface area (Å²) in [6.07, 6.45) is 0. The predicted octanol–water partition coefficient (Wildman–Crippen LogP) is 1.99. The Bertz CT molecular complexity index is 312. The van der Waals surface area contributed by atoms with Crippen LogP contribution in [0.25, 0.3) is 0 Å². The Kier molecular flexibility index (Phi) is 4.59. The van der Waals surface area contributed by atoms with Crippen LogP contribution in [-0.4, -0.2) is 18.3 Å². The summed E-state index contributed by atoms with van der Waals surface area (Å²) in [5, 5.41) is 9.78. The van der Waals surface area contributed by atoms with E-state index in [0.29, 0.717) is 25.5 Å². The van der Waals surface area contributed by atoms with E-state index in [1.807, 2.05) is 26.0 Å². The summed E-state index contributed by atoms with van der Waals surface area (Å²) in [5.74, 6) is 0.497. The van der Waals surface area contributed by atoms with Gasteiger partial charge in [0.05, 0.1) is 6.61 Å². The first-order valence-corrected chi connectivity index (χ1v) is 5.28. The van der Waals surface area contributed by atoms with Gasteiger partial charge in [-0.15, -0.1) is 0 Å². The lowest BCUT2D eigenvalue weighted by molar-refractivity contribution is 0.134. The fourth-order valence-corrected chi connectivity index (χ4v) is 1.44.